The summed E-state index contributed by atoms with van der Waals surface area (Å²) in [4.78, 5) is 0. The van der Waals surface area contributed by atoms with Crippen LogP contribution >= 0.6 is 0 Å². The molecule has 33 heavy (non-hydrogen) atoms. The van der Waals surface area contributed by atoms with Crippen LogP contribution in [-0.4, -0.2) is 0 Å². The number of rotatable bonds is 5. The second-order valence-electron chi connectivity index (χ2n) is 8.46. The van der Waals surface area contributed by atoms with Crippen molar-refractivity contribution in [2.45, 2.75) is 46.5 Å². The molecule has 0 aromatic heterocycles. The number of aryl methyl sites for hydroxylation is 4. The second kappa shape index (κ2) is 14.2. The van der Waals surface area contributed by atoms with E-state index in [9.17, 15) is 0 Å². The minimum absolute atomic E-state index is 0. The fourth-order valence-corrected chi connectivity index (χ4v) is 4.66. The van der Waals surface area contributed by atoms with Gasteiger partial charge in [0.05, 0.1) is 0 Å². The van der Waals surface area contributed by atoms with Gasteiger partial charge in [-0.05, 0) is 38.8 Å². The van der Waals surface area contributed by atoms with E-state index in [1.165, 1.54) is 50.1 Å². The summed E-state index contributed by atoms with van der Waals surface area (Å²) in [5.41, 5.74) is 12.2. The van der Waals surface area contributed by atoms with E-state index >= 15 is 0 Å². The van der Waals surface area contributed by atoms with Crippen molar-refractivity contribution in [2.24, 2.45) is 0 Å². The molecule has 0 aliphatic heterocycles. The molecule has 4 rings (SSSR count). The first-order valence-electron chi connectivity index (χ1n) is 10.5. The van der Waals surface area contributed by atoms with Gasteiger partial charge in [0.1, 0.15) is 0 Å². The van der Waals surface area contributed by atoms with E-state index in [1.54, 1.807) is 0 Å². The molecule has 4 heteroatoms. The SMILES string of the molecule is Cc1cc(C)cc(C(C2=[C-]CC=C2Cc2ccccc2)c2cc(C)cc(C)c2)c1.[Cl-].[Cl-].[Cl-].[Ti+4]. The van der Waals surface area contributed by atoms with Gasteiger partial charge in [-0.15, -0.1) is 6.42 Å². The Morgan fingerprint density at radius 1 is 0.697 bits per heavy atom. The third kappa shape index (κ3) is 7.88. The van der Waals surface area contributed by atoms with E-state index in [0.29, 0.717) is 0 Å². The van der Waals surface area contributed by atoms with Crippen molar-refractivity contribution in [3.05, 3.63) is 129 Å². The third-order valence-corrected chi connectivity index (χ3v) is 5.67. The molecule has 0 N–H and O–H groups in total. The Morgan fingerprint density at radius 2 is 1.15 bits per heavy atom. The number of benzene rings is 3. The van der Waals surface area contributed by atoms with Crippen LogP contribution in [0.3, 0.4) is 0 Å². The molecule has 1 aliphatic carbocycles. The van der Waals surface area contributed by atoms with Crippen molar-refractivity contribution in [2.75, 3.05) is 0 Å². The summed E-state index contributed by atoms with van der Waals surface area (Å²) in [6.07, 6.45) is 7.96. The molecule has 0 spiro atoms. The molecule has 0 radical (unpaired) electrons. The van der Waals surface area contributed by atoms with Crippen LogP contribution in [-0.2, 0) is 28.1 Å². The smallest absolute Gasteiger partial charge is 1.00 e. The molecular weight excluding hydrogens is 503 g/mol. The molecule has 1 aliphatic rings. The van der Waals surface area contributed by atoms with Gasteiger partial charge in [0, 0.05) is 5.92 Å². The van der Waals surface area contributed by atoms with E-state index in [0.717, 1.165) is 12.8 Å². The van der Waals surface area contributed by atoms with Crippen molar-refractivity contribution >= 4 is 0 Å². The van der Waals surface area contributed by atoms with Crippen molar-refractivity contribution in [3.63, 3.8) is 0 Å². The summed E-state index contributed by atoms with van der Waals surface area (Å²) in [7, 11) is 0. The average Bonchev–Trinajstić information content (AvgIpc) is 3.09. The molecule has 170 valence electrons. The fraction of sp³-hybridized carbons (Fsp3) is 0.241. The van der Waals surface area contributed by atoms with Gasteiger partial charge in [-0.25, -0.2) is 5.57 Å². The number of allylic oxidation sites excluding steroid dienone is 4. The van der Waals surface area contributed by atoms with E-state index < -0.39 is 0 Å². The Balaban J connectivity index is 0.00000256. The topological polar surface area (TPSA) is 0 Å². The van der Waals surface area contributed by atoms with Crippen molar-refractivity contribution < 1.29 is 58.9 Å². The number of hydrogen-bond donors (Lipinski definition) is 0. The molecule has 0 fully saturated rings. The van der Waals surface area contributed by atoms with Crippen molar-refractivity contribution in [1.29, 1.82) is 0 Å². The van der Waals surface area contributed by atoms with Crippen LogP contribution in [0, 0.1) is 33.8 Å². The van der Waals surface area contributed by atoms with Crippen LogP contribution in [0.25, 0.3) is 0 Å². The molecule has 0 amide bonds. The predicted octanol–water partition coefficient (Wildman–Crippen LogP) is -1.64. The standard InChI is InChI=1S/C29H29.3ClH.Ti/c1-20-13-21(2)16-26(15-20)29(27-17-22(3)14-23(4)18-27)28-12-8-11-25(28)19-24-9-6-5-7-10-24;;;;/h5-7,9-11,13-18,29H,8,19H2,1-4H3;3*1H;/q-1;;;;+4/p-3. The van der Waals surface area contributed by atoms with Gasteiger partial charge in [-0.3, -0.25) is 6.08 Å². The van der Waals surface area contributed by atoms with Gasteiger partial charge >= 0.3 is 21.7 Å². The monoisotopic (exact) mass is 530 g/mol. The Kier molecular flexibility index (Phi) is 13.7. The average molecular weight is 532 g/mol. The molecular formula is C29H29Cl3Ti. The van der Waals surface area contributed by atoms with Crippen LogP contribution in [0.1, 0.15) is 51.3 Å². The zero-order chi connectivity index (χ0) is 20.4. The summed E-state index contributed by atoms with van der Waals surface area (Å²) < 4.78 is 0. The first-order chi connectivity index (χ1) is 14.0. The van der Waals surface area contributed by atoms with Gasteiger partial charge in [0.15, 0.2) is 0 Å². The minimum atomic E-state index is 0. The van der Waals surface area contributed by atoms with Gasteiger partial charge in [-0.1, -0.05) is 101 Å². The summed E-state index contributed by atoms with van der Waals surface area (Å²) in [5.74, 6) is 0.227. The summed E-state index contributed by atoms with van der Waals surface area (Å²) >= 11 is 0. The zero-order valence-electron chi connectivity index (χ0n) is 19.6. The van der Waals surface area contributed by atoms with Crippen LogP contribution in [0.2, 0.25) is 0 Å². The predicted molar refractivity (Wildman–Crippen MR) is 123 cm³/mol. The van der Waals surface area contributed by atoms with E-state index in [-0.39, 0.29) is 64.9 Å². The third-order valence-electron chi connectivity index (χ3n) is 5.67. The largest absolute Gasteiger partial charge is 4.00 e. The second-order valence-corrected chi connectivity index (χ2v) is 8.46. The quantitative estimate of drug-likeness (QED) is 0.274. The van der Waals surface area contributed by atoms with Gasteiger partial charge in [0.2, 0.25) is 0 Å². The summed E-state index contributed by atoms with van der Waals surface area (Å²) in [5, 5.41) is 0. The molecule has 0 heterocycles. The molecule has 0 saturated carbocycles. The van der Waals surface area contributed by atoms with Crippen LogP contribution in [0.5, 0.6) is 0 Å². The van der Waals surface area contributed by atoms with E-state index in [2.05, 4.69) is 107 Å². The molecule has 0 bridgehead atoms. The van der Waals surface area contributed by atoms with Crippen LogP contribution in [0.15, 0.2) is 84.0 Å². The van der Waals surface area contributed by atoms with Crippen LogP contribution < -0.4 is 37.2 Å². The number of halogens is 3. The fourth-order valence-electron chi connectivity index (χ4n) is 4.66. The van der Waals surface area contributed by atoms with E-state index in [4.69, 9.17) is 0 Å². The van der Waals surface area contributed by atoms with Gasteiger partial charge in [0.25, 0.3) is 0 Å². The van der Waals surface area contributed by atoms with Crippen molar-refractivity contribution in [1.82, 2.24) is 0 Å². The molecule has 0 unspecified atom stereocenters. The van der Waals surface area contributed by atoms with E-state index in [1.807, 2.05) is 0 Å². The normalized spacial score (nSPS) is 11.9. The maximum absolute atomic E-state index is 3.73. The Labute approximate surface area is 233 Å². The zero-order valence-corrected chi connectivity index (χ0v) is 23.4. The first-order valence-corrected chi connectivity index (χ1v) is 10.5. The molecule has 0 atom stereocenters. The van der Waals surface area contributed by atoms with Gasteiger partial charge < -0.3 is 37.2 Å². The number of hydrogen-bond acceptors (Lipinski definition) is 0. The molecule has 0 nitrogen and oxygen atoms in total. The maximum Gasteiger partial charge on any atom is 4.00 e. The molecule has 3 aromatic carbocycles. The Bertz CT molecular complexity index is 1010. The van der Waals surface area contributed by atoms with Crippen LogP contribution in [0.4, 0.5) is 0 Å². The summed E-state index contributed by atoms with van der Waals surface area (Å²) in [6, 6.07) is 24.7. The van der Waals surface area contributed by atoms with Crippen molar-refractivity contribution in [3.8, 4) is 0 Å². The Hall–Kier alpha value is -1.28. The van der Waals surface area contributed by atoms with Gasteiger partial charge in [-0.2, -0.15) is 11.6 Å². The summed E-state index contributed by atoms with van der Waals surface area (Å²) in [6.45, 7) is 8.79. The first kappa shape index (κ1) is 31.7. The Morgan fingerprint density at radius 3 is 1.61 bits per heavy atom. The minimum Gasteiger partial charge on any atom is -1.00 e. The maximum atomic E-state index is 3.73. The molecule has 3 aromatic rings. The molecule has 0 saturated heterocycles.